The van der Waals surface area contributed by atoms with E-state index >= 15 is 0 Å². The Morgan fingerprint density at radius 1 is 1.00 bits per heavy atom. The molecule has 9 heteroatoms. The highest BCUT2D eigenvalue weighted by atomic mass is 19.1. The van der Waals surface area contributed by atoms with Gasteiger partial charge in [0, 0.05) is 23.7 Å². The van der Waals surface area contributed by atoms with Crippen LogP contribution < -0.4 is 15.0 Å². The molecule has 0 aliphatic carbocycles. The molecule has 0 amide bonds. The van der Waals surface area contributed by atoms with E-state index in [2.05, 4.69) is 20.0 Å². The summed E-state index contributed by atoms with van der Waals surface area (Å²) in [5.41, 5.74) is 2.44. The first-order valence-electron chi connectivity index (χ1n) is 11.5. The number of hydrogen-bond donors (Lipinski definition) is 0. The lowest BCUT2D eigenvalue weighted by Gasteiger charge is -2.11. The van der Waals surface area contributed by atoms with Gasteiger partial charge in [0.2, 0.25) is 0 Å². The van der Waals surface area contributed by atoms with Gasteiger partial charge in [-0.1, -0.05) is 18.2 Å². The van der Waals surface area contributed by atoms with E-state index in [4.69, 9.17) is 9.47 Å². The van der Waals surface area contributed by atoms with E-state index in [9.17, 15) is 9.18 Å². The summed E-state index contributed by atoms with van der Waals surface area (Å²) in [4.78, 5) is 23.4. The summed E-state index contributed by atoms with van der Waals surface area (Å²) in [5.74, 6) is 0.832. The highest BCUT2D eigenvalue weighted by molar-refractivity contribution is 5.60. The Labute approximate surface area is 209 Å². The van der Waals surface area contributed by atoms with Gasteiger partial charge in [-0.3, -0.25) is 4.79 Å². The highest BCUT2D eigenvalue weighted by Crippen LogP contribution is 2.24. The fourth-order valence-electron chi connectivity index (χ4n) is 3.63. The van der Waals surface area contributed by atoms with Crippen molar-refractivity contribution in [3.63, 3.8) is 0 Å². The molecule has 4 rings (SSSR count). The average Bonchev–Trinajstić information content (AvgIpc) is 2.88. The first-order chi connectivity index (χ1) is 17.4. The Bertz CT molecular complexity index is 1370. The quantitative estimate of drug-likeness (QED) is 0.313. The lowest BCUT2D eigenvalue weighted by atomic mass is 10.1. The number of ether oxygens (including phenoxy) is 2. The molecule has 0 saturated carbocycles. The van der Waals surface area contributed by atoms with E-state index in [1.54, 1.807) is 24.5 Å². The SMILES string of the molecule is COc1ccc(-c2ccc(=O)n(Cc3cccc(-c4ncc(OCCCN(C)C)cn4)c3)n2)cc1F. The molecule has 0 bridgehead atoms. The van der Waals surface area contributed by atoms with Crippen LogP contribution in [0.3, 0.4) is 0 Å². The molecule has 0 N–H and O–H groups in total. The van der Waals surface area contributed by atoms with Crippen molar-refractivity contribution in [1.82, 2.24) is 24.6 Å². The Kier molecular flexibility index (Phi) is 8.02. The molecule has 2 heterocycles. The number of halogens is 1. The minimum Gasteiger partial charge on any atom is -0.494 e. The van der Waals surface area contributed by atoms with Crippen LogP contribution in [0.25, 0.3) is 22.6 Å². The van der Waals surface area contributed by atoms with Crippen molar-refractivity contribution in [2.24, 2.45) is 0 Å². The van der Waals surface area contributed by atoms with Crippen molar-refractivity contribution in [2.45, 2.75) is 13.0 Å². The molecule has 0 aliphatic heterocycles. The molecule has 0 unspecified atom stereocenters. The molecule has 36 heavy (non-hydrogen) atoms. The van der Waals surface area contributed by atoms with Crippen LogP contribution in [0.1, 0.15) is 12.0 Å². The van der Waals surface area contributed by atoms with Gasteiger partial charge in [0.1, 0.15) is 0 Å². The van der Waals surface area contributed by atoms with Crippen LogP contribution in [-0.4, -0.2) is 59.0 Å². The summed E-state index contributed by atoms with van der Waals surface area (Å²) in [6.07, 6.45) is 4.24. The maximum atomic E-state index is 14.2. The summed E-state index contributed by atoms with van der Waals surface area (Å²) >= 11 is 0. The van der Waals surface area contributed by atoms with Crippen molar-refractivity contribution in [1.29, 1.82) is 0 Å². The molecule has 2 aromatic carbocycles. The van der Waals surface area contributed by atoms with Gasteiger partial charge in [-0.25, -0.2) is 19.0 Å². The molecule has 8 nitrogen and oxygen atoms in total. The zero-order chi connectivity index (χ0) is 25.5. The smallest absolute Gasteiger partial charge is 0.267 e. The molecule has 0 atom stereocenters. The van der Waals surface area contributed by atoms with Gasteiger partial charge in [0.15, 0.2) is 23.1 Å². The standard InChI is InChI=1S/C27H28FN5O3/c1-32(2)12-5-13-36-22-16-29-27(30-17-22)21-7-4-6-19(14-21)18-33-26(34)11-9-24(31-33)20-8-10-25(35-3)23(28)15-20/h4,6-11,14-17H,5,12-13,18H2,1-3H3. The van der Waals surface area contributed by atoms with Crippen molar-refractivity contribution >= 4 is 0 Å². The molecule has 0 fully saturated rings. The largest absolute Gasteiger partial charge is 0.494 e. The van der Waals surface area contributed by atoms with Gasteiger partial charge >= 0.3 is 0 Å². The third-order valence-electron chi connectivity index (χ3n) is 5.48. The van der Waals surface area contributed by atoms with Crippen molar-refractivity contribution in [3.05, 3.63) is 88.7 Å². The molecule has 0 radical (unpaired) electrons. The summed E-state index contributed by atoms with van der Waals surface area (Å²) in [7, 11) is 5.46. The number of hydrogen-bond acceptors (Lipinski definition) is 7. The topological polar surface area (TPSA) is 82.4 Å². The minimum absolute atomic E-state index is 0.148. The van der Waals surface area contributed by atoms with E-state index in [1.165, 1.54) is 30.0 Å². The lowest BCUT2D eigenvalue weighted by molar-refractivity contribution is 0.280. The molecule has 0 aliphatic rings. The monoisotopic (exact) mass is 489 g/mol. The Morgan fingerprint density at radius 3 is 2.53 bits per heavy atom. The van der Waals surface area contributed by atoms with E-state index in [-0.39, 0.29) is 17.9 Å². The summed E-state index contributed by atoms with van der Waals surface area (Å²) < 4.78 is 26.2. The van der Waals surface area contributed by atoms with Gasteiger partial charge in [0.25, 0.3) is 5.56 Å². The predicted molar refractivity (Wildman–Crippen MR) is 136 cm³/mol. The maximum absolute atomic E-state index is 14.2. The fraction of sp³-hybridized carbons (Fsp3) is 0.259. The molecular weight excluding hydrogens is 461 g/mol. The van der Waals surface area contributed by atoms with E-state index < -0.39 is 5.82 Å². The van der Waals surface area contributed by atoms with E-state index in [0.29, 0.717) is 29.4 Å². The highest BCUT2D eigenvalue weighted by Gasteiger charge is 2.10. The number of aromatic nitrogens is 4. The number of rotatable bonds is 10. The van der Waals surface area contributed by atoms with Gasteiger partial charge in [-0.05, 0) is 56.4 Å². The second-order valence-electron chi connectivity index (χ2n) is 8.51. The van der Waals surface area contributed by atoms with Gasteiger partial charge in [0.05, 0.1) is 38.3 Å². The average molecular weight is 490 g/mol. The molecule has 4 aromatic rings. The first-order valence-corrected chi connectivity index (χ1v) is 11.5. The van der Waals surface area contributed by atoms with Gasteiger partial charge < -0.3 is 14.4 Å². The molecule has 186 valence electrons. The van der Waals surface area contributed by atoms with Crippen LogP contribution in [0.4, 0.5) is 4.39 Å². The Balaban J connectivity index is 1.49. The van der Waals surface area contributed by atoms with Crippen LogP contribution in [0.5, 0.6) is 11.5 Å². The normalized spacial score (nSPS) is 11.0. The number of benzene rings is 2. The Morgan fingerprint density at radius 2 is 1.81 bits per heavy atom. The molecule has 2 aromatic heterocycles. The van der Waals surface area contributed by atoms with Crippen LogP contribution in [0.15, 0.2) is 71.8 Å². The predicted octanol–water partition coefficient (Wildman–Crippen LogP) is 3.89. The van der Waals surface area contributed by atoms with Gasteiger partial charge in [-0.2, -0.15) is 5.10 Å². The zero-order valence-corrected chi connectivity index (χ0v) is 20.5. The number of nitrogens with zero attached hydrogens (tertiary/aromatic N) is 5. The molecule has 0 spiro atoms. The molecular formula is C27H28FN5O3. The van der Waals surface area contributed by atoms with Crippen LogP contribution in [0, 0.1) is 5.82 Å². The van der Waals surface area contributed by atoms with Crippen LogP contribution in [0.2, 0.25) is 0 Å². The summed E-state index contributed by atoms with van der Waals surface area (Å²) in [6, 6.07) is 15.2. The van der Waals surface area contributed by atoms with Crippen molar-refractivity contribution in [3.8, 4) is 34.1 Å². The maximum Gasteiger partial charge on any atom is 0.267 e. The Hall–Kier alpha value is -4.11. The first kappa shape index (κ1) is 25.0. The second-order valence-corrected chi connectivity index (χ2v) is 8.51. The summed E-state index contributed by atoms with van der Waals surface area (Å²) in [5, 5.41) is 4.44. The van der Waals surface area contributed by atoms with Gasteiger partial charge in [-0.15, -0.1) is 0 Å². The van der Waals surface area contributed by atoms with Crippen molar-refractivity contribution < 1.29 is 13.9 Å². The van der Waals surface area contributed by atoms with E-state index in [0.717, 1.165) is 24.1 Å². The molecule has 0 saturated heterocycles. The van der Waals surface area contributed by atoms with E-state index in [1.807, 2.05) is 38.4 Å². The van der Waals surface area contributed by atoms with Crippen molar-refractivity contribution in [2.75, 3.05) is 34.4 Å². The third kappa shape index (κ3) is 6.31. The third-order valence-corrected chi connectivity index (χ3v) is 5.48. The second kappa shape index (κ2) is 11.5. The lowest BCUT2D eigenvalue weighted by Crippen LogP contribution is -2.22. The van der Waals surface area contributed by atoms with Crippen LogP contribution in [-0.2, 0) is 6.54 Å². The van der Waals surface area contributed by atoms with Crippen LogP contribution >= 0.6 is 0 Å². The summed E-state index contributed by atoms with van der Waals surface area (Å²) in [6.45, 7) is 1.79. The fourth-order valence-corrected chi connectivity index (χ4v) is 3.63. The zero-order valence-electron chi connectivity index (χ0n) is 20.5. The minimum atomic E-state index is -0.493. The number of methoxy groups -OCH3 is 1.